The zero-order chi connectivity index (χ0) is 15.1. The second-order valence-corrected chi connectivity index (χ2v) is 7.19. The summed E-state index contributed by atoms with van der Waals surface area (Å²) in [7, 11) is 0. The third kappa shape index (κ3) is 5.79. The van der Waals surface area contributed by atoms with E-state index in [0.29, 0.717) is 22.8 Å². The second-order valence-electron chi connectivity index (χ2n) is 5.61. The maximum Gasteiger partial charge on any atom is 0.224 e. The van der Waals surface area contributed by atoms with E-state index in [1.54, 1.807) is 18.2 Å². The lowest BCUT2D eigenvalue weighted by Gasteiger charge is -2.09. The highest BCUT2D eigenvalue weighted by Crippen LogP contribution is 2.28. The fraction of sp³-hybridized carbons (Fsp3) is 0.562. The van der Waals surface area contributed by atoms with E-state index in [1.165, 1.54) is 31.4 Å². The normalized spacial score (nSPS) is 15.3. The molecule has 21 heavy (non-hydrogen) atoms. The Balaban J connectivity index is 1.62. The molecule has 0 aromatic heterocycles. The molecular weight excluding hydrogens is 304 g/mol. The van der Waals surface area contributed by atoms with Crippen molar-refractivity contribution in [3.8, 4) is 0 Å². The van der Waals surface area contributed by atoms with Crippen LogP contribution in [0.4, 0.5) is 11.4 Å². The largest absolute Gasteiger partial charge is 0.397 e. The topological polar surface area (TPSA) is 55.1 Å². The van der Waals surface area contributed by atoms with Crippen LogP contribution in [0.2, 0.25) is 5.02 Å². The molecule has 1 aromatic carbocycles. The van der Waals surface area contributed by atoms with Crippen LogP contribution >= 0.6 is 23.4 Å². The maximum atomic E-state index is 11.9. The van der Waals surface area contributed by atoms with Gasteiger partial charge in [-0.2, -0.15) is 11.8 Å². The van der Waals surface area contributed by atoms with Crippen LogP contribution in [0, 0.1) is 5.92 Å². The SMILES string of the molecule is Nc1ccc(Cl)cc1NC(=O)CCCSCC1CCCC1. The van der Waals surface area contributed by atoms with E-state index in [2.05, 4.69) is 5.32 Å². The summed E-state index contributed by atoms with van der Waals surface area (Å²) >= 11 is 7.88. The molecule has 3 nitrogen and oxygen atoms in total. The van der Waals surface area contributed by atoms with Crippen LogP contribution in [0.15, 0.2) is 18.2 Å². The molecule has 1 amide bonds. The van der Waals surface area contributed by atoms with Gasteiger partial charge in [0.1, 0.15) is 0 Å². The van der Waals surface area contributed by atoms with Crippen LogP contribution in [0.5, 0.6) is 0 Å². The predicted molar refractivity (Wildman–Crippen MR) is 93.0 cm³/mol. The average Bonchev–Trinajstić information content (AvgIpc) is 2.96. The number of hydrogen-bond donors (Lipinski definition) is 2. The summed E-state index contributed by atoms with van der Waals surface area (Å²) in [5, 5.41) is 3.40. The Kier molecular flexibility index (Phi) is 6.71. The van der Waals surface area contributed by atoms with Crippen LogP contribution in [-0.4, -0.2) is 17.4 Å². The molecule has 0 radical (unpaired) electrons. The van der Waals surface area contributed by atoms with Gasteiger partial charge in [-0.05, 0) is 54.9 Å². The highest BCUT2D eigenvalue weighted by Gasteiger charge is 2.14. The van der Waals surface area contributed by atoms with E-state index in [0.717, 1.165) is 18.1 Å². The summed E-state index contributed by atoms with van der Waals surface area (Å²) in [6.45, 7) is 0. The summed E-state index contributed by atoms with van der Waals surface area (Å²) in [6, 6.07) is 5.10. The van der Waals surface area contributed by atoms with Gasteiger partial charge >= 0.3 is 0 Å². The summed E-state index contributed by atoms with van der Waals surface area (Å²) in [6.07, 6.45) is 7.01. The lowest BCUT2D eigenvalue weighted by molar-refractivity contribution is -0.116. The van der Waals surface area contributed by atoms with Crippen molar-refractivity contribution in [2.24, 2.45) is 5.92 Å². The molecule has 1 aliphatic carbocycles. The minimum atomic E-state index is 0.00503. The minimum Gasteiger partial charge on any atom is -0.397 e. The molecule has 116 valence electrons. The number of anilines is 2. The number of nitrogens with two attached hydrogens (primary N) is 1. The first-order valence-electron chi connectivity index (χ1n) is 7.58. The number of benzene rings is 1. The van der Waals surface area contributed by atoms with E-state index in [4.69, 9.17) is 17.3 Å². The van der Waals surface area contributed by atoms with Crippen molar-refractivity contribution in [3.05, 3.63) is 23.2 Å². The quantitative estimate of drug-likeness (QED) is 0.570. The van der Waals surface area contributed by atoms with E-state index in [9.17, 15) is 4.79 Å². The molecule has 2 rings (SSSR count). The van der Waals surface area contributed by atoms with Crippen molar-refractivity contribution in [1.29, 1.82) is 0 Å². The molecule has 0 aliphatic heterocycles. The third-order valence-corrected chi connectivity index (χ3v) is 5.33. The molecule has 0 saturated heterocycles. The van der Waals surface area contributed by atoms with Crippen LogP contribution in [-0.2, 0) is 4.79 Å². The zero-order valence-corrected chi connectivity index (χ0v) is 13.8. The first-order chi connectivity index (χ1) is 10.1. The van der Waals surface area contributed by atoms with Crippen molar-refractivity contribution >= 4 is 40.6 Å². The number of nitrogens with one attached hydrogen (secondary N) is 1. The number of halogens is 1. The van der Waals surface area contributed by atoms with Gasteiger partial charge in [0.15, 0.2) is 0 Å². The number of amides is 1. The number of carbonyl (C=O) groups is 1. The predicted octanol–water partition coefficient (Wildman–Crippen LogP) is 4.56. The maximum absolute atomic E-state index is 11.9. The summed E-state index contributed by atoms with van der Waals surface area (Å²) in [4.78, 5) is 11.9. The van der Waals surface area contributed by atoms with E-state index >= 15 is 0 Å². The van der Waals surface area contributed by atoms with Gasteiger partial charge in [0, 0.05) is 11.4 Å². The second kappa shape index (κ2) is 8.54. The molecule has 1 saturated carbocycles. The Morgan fingerprint density at radius 2 is 2.14 bits per heavy atom. The number of rotatable bonds is 7. The van der Waals surface area contributed by atoms with Crippen LogP contribution < -0.4 is 11.1 Å². The Labute approximate surface area is 136 Å². The molecular formula is C16H23ClN2OS. The molecule has 0 spiro atoms. The summed E-state index contributed by atoms with van der Waals surface area (Å²) in [5.41, 5.74) is 6.95. The van der Waals surface area contributed by atoms with Crippen LogP contribution in [0.1, 0.15) is 38.5 Å². The van der Waals surface area contributed by atoms with Gasteiger partial charge in [-0.3, -0.25) is 4.79 Å². The van der Waals surface area contributed by atoms with Crippen molar-refractivity contribution in [2.75, 3.05) is 22.6 Å². The lowest BCUT2D eigenvalue weighted by Crippen LogP contribution is -2.13. The van der Waals surface area contributed by atoms with Gasteiger partial charge in [-0.25, -0.2) is 0 Å². The third-order valence-electron chi connectivity index (χ3n) is 3.81. The van der Waals surface area contributed by atoms with Crippen molar-refractivity contribution in [3.63, 3.8) is 0 Å². The molecule has 0 atom stereocenters. The molecule has 1 aromatic rings. The molecule has 0 heterocycles. The molecule has 3 N–H and O–H groups in total. The molecule has 1 aliphatic rings. The van der Waals surface area contributed by atoms with Crippen molar-refractivity contribution < 1.29 is 4.79 Å². The highest BCUT2D eigenvalue weighted by atomic mass is 35.5. The van der Waals surface area contributed by atoms with E-state index in [-0.39, 0.29) is 5.91 Å². The fourth-order valence-electron chi connectivity index (χ4n) is 2.61. The van der Waals surface area contributed by atoms with Crippen molar-refractivity contribution in [2.45, 2.75) is 38.5 Å². The fourth-order valence-corrected chi connectivity index (χ4v) is 3.97. The molecule has 0 unspecified atom stereocenters. The zero-order valence-electron chi connectivity index (χ0n) is 12.2. The lowest BCUT2D eigenvalue weighted by atomic mass is 10.1. The Bertz CT molecular complexity index is 475. The molecule has 1 fully saturated rings. The smallest absolute Gasteiger partial charge is 0.224 e. The van der Waals surface area contributed by atoms with Crippen LogP contribution in [0.25, 0.3) is 0 Å². The van der Waals surface area contributed by atoms with Gasteiger partial charge in [0.05, 0.1) is 11.4 Å². The standard InChI is InChI=1S/C16H23ClN2OS/c17-13-7-8-14(18)15(10-13)19-16(20)6-3-9-21-11-12-4-1-2-5-12/h7-8,10,12H,1-6,9,11,18H2,(H,19,20). The Morgan fingerprint density at radius 1 is 1.38 bits per heavy atom. The summed E-state index contributed by atoms with van der Waals surface area (Å²) in [5.74, 6) is 3.22. The Morgan fingerprint density at radius 3 is 2.90 bits per heavy atom. The Hall–Kier alpha value is -0.870. The summed E-state index contributed by atoms with van der Waals surface area (Å²) < 4.78 is 0. The molecule has 0 bridgehead atoms. The first-order valence-corrected chi connectivity index (χ1v) is 9.11. The van der Waals surface area contributed by atoms with Crippen LogP contribution in [0.3, 0.4) is 0 Å². The van der Waals surface area contributed by atoms with Crippen molar-refractivity contribution in [1.82, 2.24) is 0 Å². The number of thioether (sulfide) groups is 1. The van der Waals surface area contributed by atoms with Gasteiger partial charge < -0.3 is 11.1 Å². The number of hydrogen-bond acceptors (Lipinski definition) is 3. The number of carbonyl (C=O) groups excluding carboxylic acids is 1. The monoisotopic (exact) mass is 326 g/mol. The van der Waals surface area contributed by atoms with Gasteiger partial charge in [-0.1, -0.05) is 24.4 Å². The number of nitrogen functional groups attached to an aromatic ring is 1. The highest BCUT2D eigenvalue weighted by molar-refractivity contribution is 7.99. The van der Waals surface area contributed by atoms with E-state index in [1.807, 2.05) is 11.8 Å². The van der Waals surface area contributed by atoms with E-state index < -0.39 is 0 Å². The van der Waals surface area contributed by atoms with Gasteiger partial charge in [-0.15, -0.1) is 0 Å². The molecule has 5 heteroatoms. The van der Waals surface area contributed by atoms with Gasteiger partial charge in [0.2, 0.25) is 5.91 Å². The van der Waals surface area contributed by atoms with Gasteiger partial charge in [0.25, 0.3) is 0 Å². The average molecular weight is 327 g/mol. The first kappa shape index (κ1) is 16.5. The minimum absolute atomic E-state index is 0.00503.